The summed E-state index contributed by atoms with van der Waals surface area (Å²) in [6.45, 7) is 5.11. The highest BCUT2D eigenvalue weighted by molar-refractivity contribution is 6.30. The molecule has 1 aromatic carbocycles. The van der Waals surface area contributed by atoms with Crippen LogP contribution >= 0.6 is 11.6 Å². The second-order valence-electron chi connectivity index (χ2n) is 6.01. The fourth-order valence-electron chi connectivity index (χ4n) is 2.89. The number of hydrogen-bond acceptors (Lipinski definition) is 4. The molecule has 5 nitrogen and oxygen atoms in total. The average molecular weight is 346 g/mol. The summed E-state index contributed by atoms with van der Waals surface area (Å²) in [5.41, 5.74) is 1.52. The molecule has 1 amide bonds. The summed E-state index contributed by atoms with van der Waals surface area (Å²) in [6, 6.07) is 8.91. The Morgan fingerprint density at radius 3 is 2.62 bits per heavy atom. The Morgan fingerprint density at radius 2 is 1.96 bits per heavy atom. The van der Waals surface area contributed by atoms with E-state index in [-0.39, 0.29) is 12.0 Å². The van der Waals surface area contributed by atoms with E-state index >= 15 is 0 Å². The highest BCUT2D eigenvalue weighted by atomic mass is 35.5. The van der Waals surface area contributed by atoms with Crippen LogP contribution in [0.5, 0.6) is 5.88 Å². The Hall–Kier alpha value is -2.14. The van der Waals surface area contributed by atoms with Gasteiger partial charge in [-0.15, -0.1) is 0 Å². The van der Waals surface area contributed by atoms with Crippen molar-refractivity contribution in [2.45, 2.75) is 32.8 Å². The van der Waals surface area contributed by atoms with Crippen LogP contribution < -0.4 is 4.74 Å². The number of rotatable bonds is 3. The number of aromatic nitrogens is 2. The fourth-order valence-corrected chi connectivity index (χ4v) is 3.09. The van der Waals surface area contributed by atoms with Crippen molar-refractivity contribution in [2.75, 3.05) is 13.1 Å². The van der Waals surface area contributed by atoms with Gasteiger partial charge in [0.2, 0.25) is 5.88 Å². The van der Waals surface area contributed by atoms with E-state index in [9.17, 15) is 4.79 Å². The summed E-state index contributed by atoms with van der Waals surface area (Å²) in [7, 11) is 0. The Bertz CT molecular complexity index is 723. The number of hydrogen-bond donors (Lipinski definition) is 0. The molecule has 0 aliphatic carbocycles. The predicted molar refractivity (Wildman–Crippen MR) is 92.5 cm³/mol. The van der Waals surface area contributed by atoms with Crippen LogP contribution in [0.15, 0.2) is 30.3 Å². The molecule has 0 bridgehead atoms. The molecule has 6 heteroatoms. The van der Waals surface area contributed by atoms with E-state index in [0.717, 1.165) is 18.5 Å². The normalized spacial score (nSPS) is 15.4. The number of ether oxygens (including phenoxy) is 1. The highest BCUT2D eigenvalue weighted by Crippen LogP contribution is 2.20. The Morgan fingerprint density at radius 1 is 1.21 bits per heavy atom. The first-order chi connectivity index (χ1) is 11.5. The molecule has 0 unspecified atom stereocenters. The molecule has 0 atom stereocenters. The number of nitrogens with zero attached hydrogens (tertiary/aromatic N) is 3. The number of aryl methyl sites for hydroxylation is 2. The molecule has 24 heavy (non-hydrogen) atoms. The third-order valence-corrected chi connectivity index (χ3v) is 4.27. The lowest BCUT2D eigenvalue weighted by atomic mass is 10.1. The predicted octanol–water partition coefficient (Wildman–Crippen LogP) is 3.43. The molecule has 0 spiro atoms. The smallest absolute Gasteiger partial charge is 0.253 e. The third-order valence-electron chi connectivity index (χ3n) is 4.03. The SMILES string of the molecule is Cc1cc(OC2CCN(C(=O)c3cccc(Cl)c3)CC2)nc(C)n1. The van der Waals surface area contributed by atoms with Crippen molar-refractivity contribution in [1.82, 2.24) is 14.9 Å². The summed E-state index contributed by atoms with van der Waals surface area (Å²) >= 11 is 5.96. The molecule has 1 aromatic heterocycles. The van der Waals surface area contributed by atoms with Crippen molar-refractivity contribution in [3.8, 4) is 5.88 Å². The molecule has 2 aromatic rings. The van der Waals surface area contributed by atoms with E-state index in [1.807, 2.05) is 24.8 Å². The van der Waals surface area contributed by atoms with Crippen LogP contribution in [0.25, 0.3) is 0 Å². The minimum atomic E-state index is 0.0182. The van der Waals surface area contributed by atoms with Crippen molar-refractivity contribution < 1.29 is 9.53 Å². The van der Waals surface area contributed by atoms with Crippen molar-refractivity contribution in [3.63, 3.8) is 0 Å². The molecular weight excluding hydrogens is 326 g/mol. The number of likely N-dealkylation sites (tertiary alicyclic amines) is 1. The molecule has 1 fully saturated rings. The summed E-state index contributed by atoms with van der Waals surface area (Å²) < 4.78 is 5.96. The lowest BCUT2D eigenvalue weighted by molar-refractivity contribution is 0.0587. The van der Waals surface area contributed by atoms with Gasteiger partial charge in [0.1, 0.15) is 11.9 Å². The average Bonchev–Trinajstić information content (AvgIpc) is 2.54. The zero-order valence-electron chi connectivity index (χ0n) is 13.8. The van der Waals surface area contributed by atoms with Crippen LogP contribution in [-0.4, -0.2) is 40.0 Å². The van der Waals surface area contributed by atoms with Gasteiger partial charge < -0.3 is 9.64 Å². The zero-order chi connectivity index (χ0) is 17.1. The van der Waals surface area contributed by atoms with Gasteiger partial charge in [0.25, 0.3) is 5.91 Å². The Kier molecular flexibility index (Phi) is 5.00. The zero-order valence-corrected chi connectivity index (χ0v) is 14.6. The van der Waals surface area contributed by atoms with Crippen molar-refractivity contribution >= 4 is 17.5 Å². The van der Waals surface area contributed by atoms with Crippen molar-refractivity contribution in [2.24, 2.45) is 0 Å². The first-order valence-corrected chi connectivity index (χ1v) is 8.43. The summed E-state index contributed by atoms with van der Waals surface area (Å²) in [5, 5.41) is 0.577. The lowest BCUT2D eigenvalue weighted by Gasteiger charge is -2.32. The van der Waals surface area contributed by atoms with E-state index in [1.54, 1.807) is 24.3 Å². The van der Waals surface area contributed by atoms with E-state index in [0.29, 0.717) is 35.4 Å². The monoisotopic (exact) mass is 345 g/mol. The molecule has 1 saturated heterocycles. The van der Waals surface area contributed by atoms with Crippen LogP contribution in [0.2, 0.25) is 5.02 Å². The first-order valence-electron chi connectivity index (χ1n) is 8.05. The molecule has 2 heterocycles. The lowest BCUT2D eigenvalue weighted by Crippen LogP contribution is -2.41. The van der Waals surface area contributed by atoms with Gasteiger partial charge in [0.15, 0.2) is 0 Å². The molecule has 1 aliphatic heterocycles. The van der Waals surface area contributed by atoms with Gasteiger partial charge >= 0.3 is 0 Å². The Balaban J connectivity index is 1.58. The van der Waals surface area contributed by atoms with Crippen LogP contribution in [0.3, 0.4) is 0 Å². The van der Waals surface area contributed by atoms with Crippen LogP contribution in [0.4, 0.5) is 0 Å². The minimum absolute atomic E-state index is 0.0182. The summed E-state index contributed by atoms with van der Waals surface area (Å²) in [6.07, 6.45) is 1.64. The summed E-state index contributed by atoms with van der Waals surface area (Å²) in [5.74, 6) is 1.34. The van der Waals surface area contributed by atoms with Crippen LogP contribution in [0.1, 0.15) is 34.7 Å². The van der Waals surface area contributed by atoms with Gasteiger partial charge in [0, 0.05) is 48.3 Å². The molecule has 126 valence electrons. The first kappa shape index (κ1) is 16.7. The minimum Gasteiger partial charge on any atom is -0.474 e. The van der Waals surface area contributed by atoms with Crippen LogP contribution in [-0.2, 0) is 0 Å². The second-order valence-corrected chi connectivity index (χ2v) is 6.45. The van der Waals surface area contributed by atoms with Crippen molar-refractivity contribution in [1.29, 1.82) is 0 Å². The molecular formula is C18H20ClN3O2. The van der Waals surface area contributed by atoms with Gasteiger partial charge in [-0.2, -0.15) is 4.98 Å². The number of amides is 1. The maximum Gasteiger partial charge on any atom is 0.253 e. The summed E-state index contributed by atoms with van der Waals surface area (Å²) in [4.78, 5) is 22.9. The van der Waals surface area contributed by atoms with Gasteiger partial charge in [-0.3, -0.25) is 4.79 Å². The van der Waals surface area contributed by atoms with Crippen molar-refractivity contribution in [3.05, 3.63) is 52.4 Å². The van der Waals surface area contributed by atoms with E-state index in [1.165, 1.54) is 0 Å². The van der Waals surface area contributed by atoms with E-state index in [2.05, 4.69) is 9.97 Å². The molecule has 0 saturated carbocycles. The Labute approximate surface area is 146 Å². The molecule has 0 N–H and O–H groups in total. The number of carbonyl (C=O) groups excluding carboxylic acids is 1. The largest absolute Gasteiger partial charge is 0.474 e. The molecule has 0 radical (unpaired) electrons. The number of benzene rings is 1. The maximum atomic E-state index is 12.5. The van der Waals surface area contributed by atoms with Gasteiger partial charge in [-0.05, 0) is 32.0 Å². The molecule has 3 rings (SSSR count). The number of piperidine rings is 1. The number of carbonyl (C=O) groups is 1. The number of halogens is 1. The second kappa shape index (κ2) is 7.18. The van der Waals surface area contributed by atoms with Gasteiger partial charge in [0.05, 0.1) is 0 Å². The third kappa shape index (κ3) is 4.03. The maximum absolute atomic E-state index is 12.5. The standard InChI is InChI=1S/C18H20ClN3O2/c1-12-10-17(21-13(2)20-12)24-16-6-8-22(9-7-16)18(23)14-4-3-5-15(19)11-14/h3-5,10-11,16H,6-9H2,1-2H3. The van der Waals surface area contributed by atoms with Gasteiger partial charge in [-0.1, -0.05) is 17.7 Å². The quantitative estimate of drug-likeness (QED) is 0.855. The topological polar surface area (TPSA) is 55.3 Å². The van der Waals surface area contributed by atoms with Gasteiger partial charge in [-0.25, -0.2) is 4.98 Å². The fraction of sp³-hybridized carbons (Fsp3) is 0.389. The highest BCUT2D eigenvalue weighted by Gasteiger charge is 2.25. The van der Waals surface area contributed by atoms with Crippen LogP contribution in [0, 0.1) is 13.8 Å². The van der Waals surface area contributed by atoms with E-state index in [4.69, 9.17) is 16.3 Å². The molecule has 1 aliphatic rings. The van der Waals surface area contributed by atoms with E-state index < -0.39 is 0 Å².